The molecule has 0 aliphatic carbocycles. The first-order valence-corrected chi connectivity index (χ1v) is 8.98. The highest BCUT2D eigenvalue weighted by Crippen LogP contribution is 2.14. The lowest BCUT2D eigenvalue weighted by molar-refractivity contribution is 0.110. The quantitative estimate of drug-likeness (QED) is 0.425. The summed E-state index contributed by atoms with van der Waals surface area (Å²) in [6.45, 7) is 2.29. The van der Waals surface area contributed by atoms with Crippen molar-refractivity contribution in [1.82, 2.24) is 24.8 Å². The van der Waals surface area contributed by atoms with Crippen LogP contribution in [-0.4, -0.2) is 57.9 Å². The van der Waals surface area contributed by atoms with Gasteiger partial charge in [-0.1, -0.05) is 12.8 Å². The fourth-order valence-corrected chi connectivity index (χ4v) is 2.97. The number of amides is 2. The summed E-state index contributed by atoms with van der Waals surface area (Å²) in [6, 6.07) is 3.16. The molecule has 1 aliphatic rings. The van der Waals surface area contributed by atoms with E-state index in [4.69, 9.17) is 4.74 Å². The highest BCUT2D eigenvalue weighted by Gasteiger charge is 2.17. The lowest BCUT2D eigenvalue weighted by Gasteiger charge is -2.18. The zero-order valence-corrected chi connectivity index (χ0v) is 15.2. The Morgan fingerprint density at radius 1 is 1.50 bits per heavy atom. The molecule has 3 N–H and O–H groups in total. The minimum Gasteiger partial charge on any atom is -0.376 e. The molecule has 0 bridgehead atoms. The Kier molecular flexibility index (Phi) is 6.29. The molecule has 1 aliphatic heterocycles. The number of anilines is 1. The van der Waals surface area contributed by atoms with E-state index in [1.54, 1.807) is 18.3 Å². The lowest BCUT2D eigenvalue weighted by atomic mass is 10.2. The van der Waals surface area contributed by atoms with Crippen LogP contribution in [-0.2, 0) is 4.74 Å². The van der Waals surface area contributed by atoms with E-state index < -0.39 is 0 Å². The predicted molar refractivity (Wildman–Crippen MR) is 101 cm³/mol. The number of H-pyrrole nitrogens is 1. The van der Waals surface area contributed by atoms with Crippen molar-refractivity contribution in [2.75, 3.05) is 31.6 Å². The number of hydrogen-bond acceptors (Lipinski definition) is 7. The molecule has 26 heavy (non-hydrogen) atoms. The fraction of sp³-hybridized carbons (Fsp3) is 0.500. The highest BCUT2D eigenvalue weighted by atomic mass is 32.1. The van der Waals surface area contributed by atoms with Crippen LogP contribution in [0.3, 0.4) is 0 Å². The zero-order chi connectivity index (χ0) is 18.4. The molecule has 10 heteroatoms. The van der Waals surface area contributed by atoms with E-state index in [0.717, 1.165) is 19.4 Å². The Labute approximate surface area is 156 Å². The maximum absolute atomic E-state index is 12.0. The number of thiol groups is 1. The molecular weight excluding hydrogens is 356 g/mol. The largest absolute Gasteiger partial charge is 0.376 e. The number of aromatic nitrogens is 3. The van der Waals surface area contributed by atoms with E-state index in [0.29, 0.717) is 42.8 Å². The fourth-order valence-electron chi connectivity index (χ4n) is 2.76. The second-order valence-corrected chi connectivity index (χ2v) is 6.51. The normalized spacial score (nSPS) is 16.6. The summed E-state index contributed by atoms with van der Waals surface area (Å²) in [4.78, 5) is 27.9. The summed E-state index contributed by atoms with van der Waals surface area (Å²) in [5.74, 6) is 0.508. The number of nitrogens with one attached hydrogen (secondary N) is 3. The van der Waals surface area contributed by atoms with Gasteiger partial charge in [-0.3, -0.25) is 14.1 Å². The number of carbonyl (C=O) groups is 1. The van der Waals surface area contributed by atoms with Crippen molar-refractivity contribution < 1.29 is 9.53 Å². The molecule has 2 amide bonds. The number of nitrogens with zero attached hydrogens (tertiary/aromatic N) is 3. The third kappa shape index (κ3) is 4.64. The van der Waals surface area contributed by atoms with Gasteiger partial charge in [-0.25, -0.2) is 9.89 Å². The van der Waals surface area contributed by atoms with Gasteiger partial charge in [-0.2, -0.15) is 5.10 Å². The van der Waals surface area contributed by atoms with Crippen molar-refractivity contribution in [3.63, 3.8) is 0 Å². The van der Waals surface area contributed by atoms with Crippen LogP contribution in [0.5, 0.6) is 0 Å². The number of urea groups is 1. The van der Waals surface area contributed by atoms with E-state index in [1.165, 1.54) is 4.31 Å². The molecule has 0 radical (unpaired) electrons. The van der Waals surface area contributed by atoms with E-state index in [2.05, 4.69) is 38.6 Å². The van der Waals surface area contributed by atoms with Crippen molar-refractivity contribution in [2.45, 2.75) is 25.4 Å². The van der Waals surface area contributed by atoms with Crippen LogP contribution in [0.4, 0.5) is 10.6 Å². The SMILES string of the molecule is O=C(NCC1CCCO1)N(S)CCCNc1n[nH]c(=O)c2cccnc12. The minimum absolute atomic E-state index is 0.106. The number of hydrogen-bond donors (Lipinski definition) is 4. The van der Waals surface area contributed by atoms with E-state index in [1.807, 2.05) is 0 Å². The van der Waals surface area contributed by atoms with Crippen LogP contribution in [0.1, 0.15) is 19.3 Å². The standard InChI is InChI=1S/C16H22N6O3S/c23-15-12-5-1-6-17-13(12)14(20-21-15)18-7-3-8-22(26)16(24)19-10-11-4-2-9-25-11/h1,5-6,11,26H,2-4,7-10H2,(H,18,20)(H,19,24)(H,21,23). The van der Waals surface area contributed by atoms with Crippen LogP contribution < -0.4 is 16.2 Å². The number of fused-ring (bicyclic) bond motifs is 1. The molecule has 1 unspecified atom stereocenters. The topological polar surface area (TPSA) is 112 Å². The molecule has 2 aromatic rings. The maximum atomic E-state index is 12.0. The van der Waals surface area contributed by atoms with Crippen molar-refractivity contribution >= 4 is 35.6 Å². The monoisotopic (exact) mass is 378 g/mol. The third-order valence-corrected chi connectivity index (χ3v) is 4.51. The summed E-state index contributed by atoms with van der Waals surface area (Å²) in [7, 11) is 0. The molecule has 2 aromatic heterocycles. The van der Waals surface area contributed by atoms with Gasteiger partial charge in [0.25, 0.3) is 5.56 Å². The first-order chi connectivity index (χ1) is 12.6. The van der Waals surface area contributed by atoms with Gasteiger partial charge in [0, 0.05) is 32.4 Å². The van der Waals surface area contributed by atoms with Crippen LogP contribution in [0.15, 0.2) is 23.1 Å². The molecule has 1 fully saturated rings. The average molecular weight is 378 g/mol. The van der Waals surface area contributed by atoms with Gasteiger partial charge in [0.1, 0.15) is 5.52 Å². The average Bonchev–Trinajstić information content (AvgIpc) is 3.18. The molecular formula is C16H22N6O3S. The van der Waals surface area contributed by atoms with Gasteiger partial charge in [0.2, 0.25) is 0 Å². The molecule has 1 saturated heterocycles. The molecule has 3 rings (SSSR count). The summed E-state index contributed by atoms with van der Waals surface area (Å²) in [6.07, 6.45) is 4.40. The molecule has 0 saturated carbocycles. The summed E-state index contributed by atoms with van der Waals surface area (Å²) in [5.41, 5.74) is 0.247. The number of aromatic amines is 1. The Hall–Kier alpha value is -2.33. The van der Waals surface area contributed by atoms with Crippen molar-refractivity contribution in [2.24, 2.45) is 0 Å². The lowest BCUT2D eigenvalue weighted by Crippen LogP contribution is -2.39. The molecule has 0 aromatic carbocycles. The molecule has 3 heterocycles. The van der Waals surface area contributed by atoms with Gasteiger partial charge in [0.05, 0.1) is 11.5 Å². The van der Waals surface area contributed by atoms with Crippen molar-refractivity contribution in [3.8, 4) is 0 Å². The number of carbonyl (C=O) groups excluding carboxylic acids is 1. The van der Waals surface area contributed by atoms with Gasteiger partial charge in [-0.15, -0.1) is 0 Å². The first-order valence-electron chi connectivity index (χ1n) is 8.58. The van der Waals surface area contributed by atoms with E-state index >= 15 is 0 Å². The van der Waals surface area contributed by atoms with Gasteiger partial charge >= 0.3 is 6.03 Å². The summed E-state index contributed by atoms with van der Waals surface area (Å²) < 4.78 is 6.81. The maximum Gasteiger partial charge on any atom is 0.327 e. The number of ether oxygens (including phenoxy) is 1. The Balaban J connectivity index is 1.43. The van der Waals surface area contributed by atoms with Crippen molar-refractivity contribution in [1.29, 1.82) is 0 Å². The van der Waals surface area contributed by atoms with Gasteiger partial charge < -0.3 is 15.4 Å². The highest BCUT2D eigenvalue weighted by molar-refractivity contribution is 7.78. The van der Waals surface area contributed by atoms with Crippen LogP contribution in [0.25, 0.3) is 10.9 Å². The Morgan fingerprint density at radius 2 is 2.38 bits per heavy atom. The number of rotatable bonds is 7. The molecule has 1 atom stereocenters. The van der Waals surface area contributed by atoms with E-state index in [9.17, 15) is 9.59 Å². The number of pyridine rings is 1. The summed E-state index contributed by atoms with van der Waals surface area (Å²) >= 11 is 4.21. The predicted octanol–water partition coefficient (Wildman–Crippen LogP) is 1.16. The molecule has 9 nitrogen and oxygen atoms in total. The first kappa shape index (κ1) is 18.5. The van der Waals surface area contributed by atoms with Crippen LogP contribution in [0, 0.1) is 0 Å². The Bertz CT molecular complexity index is 808. The molecule has 140 valence electrons. The smallest absolute Gasteiger partial charge is 0.327 e. The third-order valence-electron chi connectivity index (χ3n) is 4.12. The summed E-state index contributed by atoms with van der Waals surface area (Å²) in [5, 5.41) is 12.9. The van der Waals surface area contributed by atoms with Gasteiger partial charge in [-0.05, 0) is 31.4 Å². The minimum atomic E-state index is -0.275. The van der Waals surface area contributed by atoms with Gasteiger partial charge in [0.15, 0.2) is 5.82 Å². The van der Waals surface area contributed by atoms with Crippen molar-refractivity contribution in [3.05, 3.63) is 28.7 Å². The van der Waals surface area contributed by atoms with Crippen LogP contribution >= 0.6 is 12.8 Å². The van der Waals surface area contributed by atoms with E-state index in [-0.39, 0.29) is 17.7 Å². The Morgan fingerprint density at radius 3 is 3.19 bits per heavy atom. The second-order valence-electron chi connectivity index (χ2n) is 6.03. The second kappa shape index (κ2) is 8.86. The van der Waals surface area contributed by atoms with Crippen LogP contribution in [0.2, 0.25) is 0 Å². The zero-order valence-electron chi connectivity index (χ0n) is 14.3. The molecule has 0 spiro atoms.